The van der Waals surface area contributed by atoms with Gasteiger partial charge in [-0.2, -0.15) is 5.10 Å². The Morgan fingerprint density at radius 1 is 1.12 bits per heavy atom. The number of aryl methyl sites for hydroxylation is 1. The van der Waals surface area contributed by atoms with Gasteiger partial charge >= 0.3 is 6.03 Å². The maximum atomic E-state index is 13.8. The minimum Gasteiger partial charge on any atom is -0.492 e. The number of ether oxygens (including phenoxy) is 1. The summed E-state index contributed by atoms with van der Waals surface area (Å²) in [6.07, 6.45) is 2.41. The molecule has 2 heterocycles. The summed E-state index contributed by atoms with van der Waals surface area (Å²) < 4.78 is 35.2. The highest BCUT2D eigenvalue weighted by molar-refractivity contribution is 5.74. The van der Waals surface area contributed by atoms with Crippen LogP contribution >= 0.6 is 0 Å². The third kappa shape index (κ3) is 5.27. The molecule has 0 aliphatic carbocycles. The Hall–Kier alpha value is -3.69. The molecule has 8 nitrogen and oxygen atoms in total. The summed E-state index contributed by atoms with van der Waals surface area (Å²) in [5.74, 6) is 0.0414. The number of halogens is 2. The Labute approximate surface area is 197 Å². The number of carbonyl (C=O) groups excluding carboxylic acids is 1. The first-order valence-corrected chi connectivity index (χ1v) is 11.3. The Morgan fingerprint density at radius 3 is 2.62 bits per heavy atom. The summed E-state index contributed by atoms with van der Waals surface area (Å²) in [7, 11) is 0. The van der Waals surface area contributed by atoms with Crippen molar-refractivity contribution in [3.63, 3.8) is 0 Å². The molecule has 4 rings (SSSR count). The lowest BCUT2D eigenvalue weighted by Crippen LogP contribution is -2.42. The minimum atomic E-state index is -0.669. The van der Waals surface area contributed by atoms with Gasteiger partial charge in [0.2, 0.25) is 0 Å². The predicted octanol–water partition coefficient (Wildman–Crippen LogP) is 3.67. The zero-order valence-corrected chi connectivity index (χ0v) is 19.3. The van der Waals surface area contributed by atoms with Crippen molar-refractivity contribution in [3.05, 3.63) is 65.7 Å². The molecule has 34 heavy (non-hydrogen) atoms. The number of benzene rings is 2. The van der Waals surface area contributed by atoms with E-state index in [1.165, 1.54) is 18.2 Å². The molecular formula is C24H28F2N6O2. The predicted molar refractivity (Wildman–Crippen MR) is 124 cm³/mol. The summed E-state index contributed by atoms with van der Waals surface area (Å²) in [6, 6.07) is 9.26. The zero-order valence-electron chi connectivity index (χ0n) is 19.3. The van der Waals surface area contributed by atoms with Crippen molar-refractivity contribution in [3.8, 4) is 11.4 Å². The van der Waals surface area contributed by atoms with Gasteiger partial charge in [0.15, 0.2) is 0 Å². The molecule has 1 N–H and O–H groups in total. The van der Waals surface area contributed by atoms with Crippen molar-refractivity contribution in [1.29, 1.82) is 0 Å². The van der Waals surface area contributed by atoms with Crippen LogP contribution < -0.4 is 15.0 Å². The van der Waals surface area contributed by atoms with Crippen LogP contribution in [-0.4, -0.2) is 58.5 Å². The molecule has 0 bridgehead atoms. The first kappa shape index (κ1) is 23.5. The van der Waals surface area contributed by atoms with Crippen LogP contribution in [0.5, 0.6) is 5.75 Å². The smallest absolute Gasteiger partial charge is 0.317 e. The second-order valence-corrected chi connectivity index (χ2v) is 8.01. The summed E-state index contributed by atoms with van der Waals surface area (Å²) in [4.78, 5) is 20.7. The summed E-state index contributed by atoms with van der Waals surface area (Å²) in [5, 5.41) is 7.01. The Bertz CT molecular complexity index is 1130. The van der Waals surface area contributed by atoms with Crippen molar-refractivity contribution in [1.82, 2.24) is 25.0 Å². The van der Waals surface area contributed by atoms with Crippen molar-refractivity contribution in [2.24, 2.45) is 0 Å². The molecule has 1 aliphatic heterocycles. The molecule has 0 radical (unpaired) electrons. The first-order valence-electron chi connectivity index (χ1n) is 11.3. The number of nitrogens with zero attached hydrogens (tertiary/aromatic N) is 5. The molecule has 1 aliphatic rings. The lowest BCUT2D eigenvalue weighted by Gasteiger charge is -2.25. The number of anilines is 1. The molecule has 180 valence electrons. The molecule has 3 aromatic rings. The summed E-state index contributed by atoms with van der Waals surface area (Å²) in [5.41, 5.74) is 1.65. The maximum absolute atomic E-state index is 13.8. The summed E-state index contributed by atoms with van der Waals surface area (Å²) >= 11 is 0. The standard InChI is InChI=1S/C24H28F2N6O2/c1-3-34-23-14-18(8-9-22(23)32-16-28-17(2)29-32)30-10-5-11-31(13-12-30)24(33)27-15-19-20(25)6-4-7-21(19)26/h4,6-9,14,16H,3,5,10-13,15H2,1-2H3,(H,27,33). The number of urea groups is 1. The highest BCUT2D eigenvalue weighted by Gasteiger charge is 2.21. The lowest BCUT2D eigenvalue weighted by molar-refractivity contribution is 0.200. The maximum Gasteiger partial charge on any atom is 0.317 e. The van der Waals surface area contributed by atoms with Gasteiger partial charge in [0.05, 0.1) is 13.2 Å². The topological polar surface area (TPSA) is 75.5 Å². The van der Waals surface area contributed by atoms with Crippen molar-refractivity contribution in [2.75, 3.05) is 37.7 Å². The van der Waals surface area contributed by atoms with Gasteiger partial charge in [-0.3, -0.25) is 0 Å². The molecule has 1 fully saturated rings. The van der Waals surface area contributed by atoms with E-state index in [1.807, 2.05) is 32.0 Å². The van der Waals surface area contributed by atoms with Gasteiger partial charge in [-0.05, 0) is 44.5 Å². The molecule has 0 saturated carbocycles. The minimum absolute atomic E-state index is 0.140. The molecule has 1 aromatic heterocycles. The van der Waals surface area contributed by atoms with Crippen LogP contribution in [0, 0.1) is 18.6 Å². The Balaban J connectivity index is 1.41. The first-order chi connectivity index (χ1) is 16.5. The second-order valence-electron chi connectivity index (χ2n) is 8.01. The summed E-state index contributed by atoms with van der Waals surface area (Å²) in [6.45, 7) is 6.50. The van der Waals surface area contributed by atoms with Gasteiger partial charge in [0.25, 0.3) is 0 Å². The number of aromatic nitrogens is 3. The number of hydrogen-bond donors (Lipinski definition) is 1. The van der Waals surface area contributed by atoms with Gasteiger partial charge in [0.1, 0.15) is 35.2 Å². The van der Waals surface area contributed by atoms with E-state index in [4.69, 9.17) is 4.74 Å². The van der Waals surface area contributed by atoms with Crippen LogP contribution in [0.25, 0.3) is 5.69 Å². The van der Waals surface area contributed by atoms with E-state index in [0.29, 0.717) is 37.8 Å². The SMILES string of the molecule is CCOc1cc(N2CCCN(C(=O)NCc3c(F)cccc3F)CC2)ccc1-n1cnc(C)n1. The van der Waals surface area contributed by atoms with E-state index >= 15 is 0 Å². The number of amides is 2. The molecule has 10 heteroatoms. The van der Waals surface area contributed by atoms with Crippen LogP contribution in [0.3, 0.4) is 0 Å². The molecule has 0 spiro atoms. The van der Waals surface area contributed by atoms with Crippen LogP contribution in [0.15, 0.2) is 42.7 Å². The van der Waals surface area contributed by atoms with Crippen LogP contribution in [0.1, 0.15) is 24.7 Å². The van der Waals surface area contributed by atoms with Gasteiger partial charge in [0, 0.05) is 43.5 Å². The van der Waals surface area contributed by atoms with E-state index in [-0.39, 0.29) is 18.1 Å². The molecule has 2 aromatic carbocycles. The zero-order chi connectivity index (χ0) is 24.1. The van der Waals surface area contributed by atoms with Gasteiger partial charge in [-0.1, -0.05) is 6.07 Å². The highest BCUT2D eigenvalue weighted by atomic mass is 19.1. The molecule has 0 unspecified atom stereocenters. The van der Waals surface area contributed by atoms with Crippen molar-refractivity contribution < 1.29 is 18.3 Å². The number of hydrogen-bond acceptors (Lipinski definition) is 5. The fraction of sp³-hybridized carbons (Fsp3) is 0.375. The highest BCUT2D eigenvalue weighted by Crippen LogP contribution is 2.29. The van der Waals surface area contributed by atoms with Crippen LogP contribution in [-0.2, 0) is 6.54 Å². The Kier molecular flexibility index (Phi) is 7.24. The Morgan fingerprint density at radius 2 is 1.91 bits per heavy atom. The monoisotopic (exact) mass is 470 g/mol. The quantitative estimate of drug-likeness (QED) is 0.595. The van der Waals surface area contributed by atoms with Crippen LogP contribution in [0.2, 0.25) is 0 Å². The van der Waals surface area contributed by atoms with Crippen LogP contribution in [0.4, 0.5) is 19.3 Å². The van der Waals surface area contributed by atoms with Gasteiger partial charge < -0.3 is 19.9 Å². The van der Waals surface area contributed by atoms with E-state index < -0.39 is 11.6 Å². The number of rotatable bonds is 6. The average Bonchev–Trinajstić information content (AvgIpc) is 3.10. The third-order valence-electron chi connectivity index (χ3n) is 5.72. The molecule has 2 amide bonds. The van der Waals surface area contributed by atoms with Gasteiger partial charge in [-0.25, -0.2) is 23.2 Å². The molecular weight excluding hydrogens is 442 g/mol. The molecule has 0 atom stereocenters. The number of nitrogens with one attached hydrogen (secondary N) is 1. The second kappa shape index (κ2) is 10.5. The van der Waals surface area contributed by atoms with Gasteiger partial charge in [-0.15, -0.1) is 0 Å². The van der Waals surface area contributed by atoms with E-state index in [1.54, 1.807) is 15.9 Å². The van der Waals surface area contributed by atoms with E-state index in [2.05, 4.69) is 20.3 Å². The van der Waals surface area contributed by atoms with Crippen molar-refractivity contribution >= 4 is 11.7 Å². The average molecular weight is 471 g/mol. The normalized spacial score (nSPS) is 14.1. The van der Waals surface area contributed by atoms with E-state index in [9.17, 15) is 13.6 Å². The fourth-order valence-electron chi connectivity index (χ4n) is 3.98. The molecule has 1 saturated heterocycles. The number of carbonyl (C=O) groups is 1. The third-order valence-corrected chi connectivity index (χ3v) is 5.72. The largest absolute Gasteiger partial charge is 0.492 e. The fourth-order valence-corrected chi connectivity index (χ4v) is 3.98. The lowest BCUT2D eigenvalue weighted by atomic mass is 10.2. The van der Waals surface area contributed by atoms with E-state index in [0.717, 1.165) is 24.3 Å². The van der Waals surface area contributed by atoms with Crippen molar-refractivity contribution in [2.45, 2.75) is 26.8 Å².